The van der Waals surface area contributed by atoms with Crippen molar-refractivity contribution in [3.05, 3.63) is 35.4 Å². The van der Waals surface area contributed by atoms with Gasteiger partial charge in [-0.2, -0.15) is 0 Å². The maximum Gasteiger partial charge on any atom is 0.335 e. The third kappa shape index (κ3) is 3.30. The van der Waals surface area contributed by atoms with Gasteiger partial charge < -0.3 is 5.11 Å². The van der Waals surface area contributed by atoms with Crippen LogP contribution in [-0.2, 0) is 20.4 Å². The molecule has 71 valence electrons. The van der Waals surface area contributed by atoms with Gasteiger partial charge in [-0.3, -0.25) is 0 Å². The van der Waals surface area contributed by atoms with Gasteiger partial charge in [0.15, 0.2) is 0 Å². The Morgan fingerprint density at radius 1 is 1.23 bits per heavy atom. The van der Waals surface area contributed by atoms with Crippen LogP contribution in [0, 0.1) is 0 Å². The quantitative estimate of drug-likeness (QED) is 0.890. The second kappa shape index (κ2) is 5.16. The van der Waals surface area contributed by atoms with E-state index in [4.69, 9.17) is 5.11 Å². The van der Waals surface area contributed by atoms with E-state index in [1.165, 1.54) is 5.56 Å². The van der Waals surface area contributed by atoms with Crippen LogP contribution in [0.2, 0.25) is 0 Å². The molecule has 0 fully saturated rings. The molecule has 1 aromatic rings. The summed E-state index contributed by atoms with van der Waals surface area (Å²) in [6, 6.07) is 6.98. The summed E-state index contributed by atoms with van der Waals surface area (Å²) < 4.78 is 0. The van der Waals surface area contributed by atoms with E-state index >= 15 is 0 Å². The molecule has 0 aliphatic heterocycles. The molecule has 1 radical (unpaired) electrons. The minimum atomic E-state index is -0.870. The summed E-state index contributed by atoms with van der Waals surface area (Å²) in [5, 5.41) is 8.61. The van der Waals surface area contributed by atoms with Gasteiger partial charge in [-0.1, -0.05) is 26.0 Å². The van der Waals surface area contributed by atoms with E-state index in [0.717, 1.165) is 0 Å². The second-order valence-electron chi connectivity index (χ2n) is 3.08. The molecule has 0 aliphatic carbocycles. The van der Waals surface area contributed by atoms with E-state index in [1.807, 2.05) is 12.1 Å². The van der Waals surface area contributed by atoms with Crippen LogP contribution in [0.15, 0.2) is 24.3 Å². The van der Waals surface area contributed by atoms with Gasteiger partial charge in [0.2, 0.25) is 0 Å². The maximum absolute atomic E-state index is 10.5. The van der Waals surface area contributed by atoms with Crippen molar-refractivity contribution in [2.75, 3.05) is 0 Å². The van der Waals surface area contributed by atoms with Crippen LogP contribution in [0.25, 0.3) is 0 Å². The molecule has 0 atom stereocenters. The van der Waals surface area contributed by atoms with Crippen molar-refractivity contribution < 1.29 is 30.3 Å². The average Bonchev–Trinajstić information content (AvgIpc) is 2.04. The van der Waals surface area contributed by atoms with Gasteiger partial charge in [0, 0.05) is 20.4 Å². The first-order chi connectivity index (χ1) is 5.61. The number of carbonyl (C=O) groups is 1. The molecule has 0 bridgehead atoms. The van der Waals surface area contributed by atoms with Crippen molar-refractivity contribution in [1.29, 1.82) is 0 Å². The van der Waals surface area contributed by atoms with Gasteiger partial charge >= 0.3 is 5.97 Å². The Bertz CT molecular complexity index is 277. The number of hydrogen-bond acceptors (Lipinski definition) is 1. The summed E-state index contributed by atoms with van der Waals surface area (Å²) in [4.78, 5) is 10.5. The number of carboxylic acids is 1. The van der Waals surface area contributed by atoms with Gasteiger partial charge in [0.25, 0.3) is 0 Å². The zero-order valence-corrected chi connectivity index (χ0v) is 10.3. The van der Waals surface area contributed by atoms with Crippen LogP contribution in [0.5, 0.6) is 0 Å². The van der Waals surface area contributed by atoms with Crippen molar-refractivity contribution in [3.63, 3.8) is 0 Å². The van der Waals surface area contributed by atoms with E-state index in [1.54, 1.807) is 12.1 Å². The minimum Gasteiger partial charge on any atom is -0.478 e. The van der Waals surface area contributed by atoms with Crippen LogP contribution < -0.4 is 0 Å². The van der Waals surface area contributed by atoms with Crippen molar-refractivity contribution in [2.24, 2.45) is 0 Å². The minimum absolute atomic E-state index is 0. The predicted molar refractivity (Wildman–Crippen MR) is 47.5 cm³/mol. The molecule has 0 heterocycles. The summed E-state index contributed by atoms with van der Waals surface area (Å²) in [6.45, 7) is 4.16. The van der Waals surface area contributed by atoms with Gasteiger partial charge in [0.1, 0.15) is 0 Å². The molecule has 3 heteroatoms. The van der Waals surface area contributed by atoms with Gasteiger partial charge in [0.05, 0.1) is 5.56 Å². The number of hydrogen-bond donors (Lipinski definition) is 1. The standard InChI is InChI=1S/C10H12O2.Re/c1-7(2)8-3-5-9(6-4-8)10(11)12;/h3-7H,1-2H3,(H,11,12);. The Labute approximate surface area is 91.6 Å². The predicted octanol–water partition coefficient (Wildman–Crippen LogP) is 2.51. The molecule has 0 aromatic heterocycles. The fourth-order valence-corrected chi connectivity index (χ4v) is 1.01. The van der Waals surface area contributed by atoms with Gasteiger partial charge in [-0.05, 0) is 23.6 Å². The fourth-order valence-electron chi connectivity index (χ4n) is 1.01. The monoisotopic (exact) mass is 351 g/mol. The Morgan fingerprint density at radius 2 is 1.69 bits per heavy atom. The van der Waals surface area contributed by atoms with E-state index in [9.17, 15) is 4.79 Å². The normalized spacial score (nSPS) is 9.46. The van der Waals surface area contributed by atoms with E-state index in [-0.39, 0.29) is 20.4 Å². The van der Waals surface area contributed by atoms with E-state index < -0.39 is 5.97 Å². The Hall–Kier alpha value is -0.648. The van der Waals surface area contributed by atoms with Crippen LogP contribution in [0.3, 0.4) is 0 Å². The van der Waals surface area contributed by atoms with Crippen molar-refractivity contribution >= 4 is 5.97 Å². The molecular weight excluding hydrogens is 338 g/mol. The van der Waals surface area contributed by atoms with Crippen LogP contribution in [0.1, 0.15) is 35.7 Å². The summed E-state index contributed by atoms with van der Waals surface area (Å²) in [6.07, 6.45) is 0. The molecule has 1 aromatic carbocycles. The van der Waals surface area contributed by atoms with Crippen molar-refractivity contribution in [1.82, 2.24) is 0 Å². The Kier molecular flexibility index (Phi) is 4.90. The first-order valence-corrected chi connectivity index (χ1v) is 3.94. The molecule has 0 saturated carbocycles. The SMILES string of the molecule is CC(C)c1ccc(C(=O)O)cc1.[Re]. The summed E-state index contributed by atoms with van der Waals surface area (Å²) >= 11 is 0. The maximum atomic E-state index is 10.5. The summed E-state index contributed by atoms with van der Waals surface area (Å²) in [5.41, 5.74) is 1.51. The summed E-state index contributed by atoms with van der Waals surface area (Å²) in [7, 11) is 0. The van der Waals surface area contributed by atoms with Crippen molar-refractivity contribution in [3.8, 4) is 0 Å². The summed E-state index contributed by atoms with van der Waals surface area (Å²) in [5.74, 6) is -0.418. The number of benzene rings is 1. The second-order valence-corrected chi connectivity index (χ2v) is 3.08. The van der Waals surface area contributed by atoms with Gasteiger partial charge in [-0.15, -0.1) is 0 Å². The molecule has 13 heavy (non-hydrogen) atoms. The van der Waals surface area contributed by atoms with Gasteiger partial charge in [-0.25, -0.2) is 4.79 Å². The third-order valence-corrected chi connectivity index (χ3v) is 1.82. The van der Waals surface area contributed by atoms with Crippen LogP contribution in [-0.4, -0.2) is 11.1 Å². The molecule has 0 aliphatic rings. The number of aromatic carboxylic acids is 1. The molecule has 0 amide bonds. The molecule has 1 rings (SSSR count). The molecule has 0 spiro atoms. The first-order valence-electron chi connectivity index (χ1n) is 3.94. The average molecular weight is 350 g/mol. The Morgan fingerprint density at radius 3 is 2.00 bits per heavy atom. The van der Waals surface area contributed by atoms with Crippen molar-refractivity contribution in [2.45, 2.75) is 19.8 Å². The number of rotatable bonds is 2. The van der Waals surface area contributed by atoms with E-state index in [0.29, 0.717) is 11.5 Å². The molecule has 0 unspecified atom stereocenters. The zero-order chi connectivity index (χ0) is 9.14. The van der Waals surface area contributed by atoms with Crippen LogP contribution in [0.4, 0.5) is 0 Å². The first kappa shape index (κ1) is 12.4. The topological polar surface area (TPSA) is 37.3 Å². The molecule has 0 saturated heterocycles. The zero-order valence-electron chi connectivity index (χ0n) is 7.62. The smallest absolute Gasteiger partial charge is 0.335 e. The third-order valence-electron chi connectivity index (χ3n) is 1.82. The van der Waals surface area contributed by atoms with E-state index in [2.05, 4.69) is 13.8 Å². The Balaban J connectivity index is 0.00000144. The molecule has 2 nitrogen and oxygen atoms in total. The number of carboxylic acid groups (broad SMARTS) is 1. The fraction of sp³-hybridized carbons (Fsp3) is 0.300. The molecular formula is C10H12O2Re. The van der Waals surface area contributed by atoms with Crippen LogP contribution >= 0.6 is 0 Å². The largest absolute Gasteiger partial charge is 0.478 e. The molecule has 1 N–H and O–H groups in total.